The van der Waals surface area contributed by atoms with Crippen molar-refractivity contribution >= 4 is 11.6 Å². The summed E-state index contributed by atoms with van der Waals surface area (Å²) in [6, 6.07) is 13.6. The van der Waals surface area contributed by atoms with Crippen LogP contribution in [-0.4, -0.2) is 17.3 Å². The highest BCUT2D eigenvalue weighted by Gasteiger charge is 2.38. The van der Waals surface area contributed by atoms with Crippen LogP contribution in [0.15, 0.2) is 53.9 Å². The number of hydrogen-bond acceptors (Lipinski definition) is 5. The molecule has 0 saturated heterocycles. The lowest BCUT2D eigenvalue weighted by Crippen LogP contribution is -2.21. The van der Waals surface area contributed by atoms with Gasteiger partial charge in [-0.1, -0.05) is 29.8 Å². The average molecular weight is 397 g/mol. The number of hydrogen-bond donors (Lipinski definition) is 2. The molecule has 0 aliphatic carbocycles. The highest BCUT2D eigenvalue weighted by atomic mass is 35.5. The van der Waals surface area contributed by atoms with Gasteiger partial charge in [0.2, 0.25) is 11.8 Å². The Morgan fingerprint density at radius 3 is 2.79 bits per heavy atom. The fraction of sp³-hybridized carbons (Fsp3) is 0.100. The lowest BCUT2D eigenvalue weighted by Gasteiger charge is -2.25. The number of nitrogens with zero attached hydrogens (tertiary/aromatic N) is 2. The first kappa shape index (κ1) is 17.9. The predicted octanol–water partition coefficient (Wildman–Crippen LogP) is 4.10. The van der Waals surface area contributed by atoms with Crippen molar-refractivity contribution in [2.45, 2.75) is 5.92 Å². The summed E-state index contributed by atoms with van der Waals surface area (Å²) in [7, 11) is 1.56. The van der Waals surface area contributed by atoms with Crippen LogP contribution in [0, 0.1) is 17.1 Å². The van der Waals surface area contributed by atoms with Crippen molar-refractivity contribution in [1.29, 1.82) is 5.26 Å². The molecule has 1 aliphatic heterocycles. The summed E-state index contributed by atoms with van der Waals surface area (Å²) in [4.78, 5) is 0. The van der Waals surface area contributed by atoms with E-state index in [1.54, 1.807) is 25.3 Å². The molecule has 0 saturated carbocycles. The second kappa shape index (κ2) is 6.91. The number of fused-ring (bicyclic) bond motifs is 1. The number of rotatable bonds is 3. The van der Waals surface area contributed by atoms with E-state index >= 15 is 0 Å². The number of nitrogens with one attached hydrogen (secondary N) is 1. The number of H-pyrrole nitrogens is 1. The quantitative estimate of drug-likeness (QED) is 0.694. The summed E-state index contributed by atoms with van der Waals surface area (Å²) in [5.74, 6) is -0.763. The van der Waals surface area contributed by atoms with Crippen LogP contribution in [0.3, 0.4) is 0 Å². The Hall–Kier alpha value is -3.50. The Morgan fingerprint density at radius 2 is 2.07 bits per heavy atom. The lowest BCUT2D eigenvalue weighted by atomic mass is 9.82. The van der Waals surface area contributed by atoms with Crippen molar-refractivity contribution in [3.05, 3.63) is 75.9 Å². The number of allylic oxidation sites excluding steroid dienone is 1. The third kappa shape index (κ3) is 2.75. The molecule has 28 heavy (non-hydrogen) atoms. The van der Waals surface area contributed by atoms with Crippen LogP contribution >= 0.6 is 11.6 Å². The standard InChI is InChI=1S/C20H14ClFN4O2/c1-27-11-5-2-4-10(8-11)18-17-15(16-13(21)6-3-7-14(16)22)12(9-23)19(24)28-20(17)26-25-18/h2-8,15H,24H2,1H3,(H,25,26). The molecular weight excluding hydrogens is 383 g/mol. The second-order valence-electron chi connectivity index (χ2n) is 6.11. The number of nitrogens with two attached hydrogens (primary N) is 1. The van der Waals surface area contributed by atoms with E-state index in [-0.39, 0.29) is 27.9 Å². The van der Waals surface area contributed by atoms with E-state index in [4.69, 9.17) is 26.8 Å². The highest BCUT2D eigenvalue weighted by Crippen LogP contribution is 2.48. The molecular formula is C20H14ClFN4O2. The number of halogens is 2. The third-order valence-electron chi connectivity index (χ3n) is 4.59. The van der Waals surface area contributed by atoms with Gasteiger partial charge in [0.25, 0.3) is 0 Å². The Labute approximate surface area is 165 Å². The Kier molecular flexibility index (Phi) is 4.41. The van der Waals surface area contributed by atoms with Gasteiger partial charge in [-0.15, -0.1) is 5.10 Å². The Bertz CT molecular complexity index is 1130. The molecule has 4 rings (SSSR count). The molecule has 3 aromatic rings. The lowest BCUT2D eigenvalue weighted by molar-refractivity contribution is 0.378. The topological polar surface area (TPSA) is 97.0 Å². The van der Waals surface area contributed by atoms with E-state index < -0.39 is 11.7 Å². The van der Waals surface area contributed by atoms with Crippen LogP contribution < -0.4 is 15.2 Å². The largest absolute Gasteiger partial charge is 0.497 e. The molecule has 1 unspecified atom stereocenters. The summed E-state index contributed by atoms with van der Waals surface area (Å²) in [6.45, 7) is 0. The SMILES string of the molecule is COc1cccc(-c2[nH]nc3c2C(c2c(F)cccc2Cl)C(C#N)=C(N)O3)c1. The first-order valence-corrected chi connectivity index (χ1v) is 8.67. The molecule has 3 N–H and O–H groups in total. The average Bonchev–Trinajstić information content (AvgIpc) is 3.11. The van der Waals surface area contributed by atoms with Crippen LogP contribution in [0.4, 0.5) is 4.39 Å². The van der Waals surface area contributed by atoms with Crippen molar-refractivity contribution in [2.24, 2.45) is 5.73 Å². The minimum atomic E-state index is -0.873. The first-order chi connectivity index (χ1) is 13.5. The maximum atomic E-state index is 14.8. The second-order valence-corrected chi connectivity index (χ2v) is 6.52. The van der Waals surface area contributed by atoms with Crippen LogP contribution in [0.25, 0.3) is 11.3 Å². The molecule has 2 aromatic carbocycles. The normalized spacial score (nSPS) is 15.6. The van der Waals surface area contributed by atoms with Crippen LogP contribution in [0.2, 0.25) is 5.02 Å². The summed E-state index contributed by atoms with van der Waals surface area (Å²) in [6.07, 6.45) is 0. The fourth-order valence-corrected chi connectivity index (χ4v) is 3.59. The smallest absolute Gasteiger partial charge is 0.244 e. The van der Waals surface area contributed by atoms with Gasteiger partial charge < -0.3 is 15.2 Å². The molecule has 6 nitrogen and oxygen atoms in total. The molecule has 8 heteroatoms. The van der Waals surface area contributed by atoms with E-state index in [9.17, 15) is 9.65 Å². The van der Waals surface area contributed by atoms with Gasteiger partial charge in [0.1, 0.15) is 23.2 Å². The minimum absolute atomic E-state index is 0.0602. The molecule has 0 radical (unpaired) electrons. The summed E-state index contributed by atoms with van der Waals surface area (Å²) >= 11 is 6.31. The number of methoxy groups -OCH3 is 1. The van der Waals surface area contributed by atoms with Crippen molar-refractivity contribution < 1.29 is 13.9 Å². The van der Waals surface area contributed by atoms with Crippen molar-refractivity contribution in [3.63, 3.8) is 0 Å². The third-order valence-corrected chi connectivity index (χ3v) is 4.92. The van der Waals surface area contributed by atoms with Gasteiger partial charge in [-0.3, -0.25) is 5.10 Å². The molecule has 0 amide bonds. The zero-order chi connectivity index (χ0) is 19.8. The van der Waals surface area contributed by atoms with Crippen molar-refractivity contribution in [3.8, 4) is 29.0 Å². The van der Waals surface area contributed by atoms with E-state index in [1.807, 2.05) is 18.2 Å². The zero-order valence-electron chi connectivity index (χ0n) is 14.7. The van der Waals surface area contributed by atoms with Crippen LogP contribution in [-0.2, 0) is 0 Å². The molecule has 0 spiro atoms. The van der Waals surface area contributed by atoms with Gasteiger partial charge >= 0.3 is 0 Å². The molecule has 1 aromatic heterocycles. The molecule has 1 aliphatic rings. The molecule has 0 fully saturated rings. The van der Waals surface area contributed by atoms with Gasteiger partial charge in [-0.2, -0.15) is 5.26 Å². The number of benzene rings is 2. The minimum Gasteiger partial charge on any atom is -0.497 e. The maximum Gasteiger partial charge on any atom is 0.244 e. The van der Waals surface area contributed by atoms with E-state index in [1.165, 1.54) is 12.1 Å². The first-order valence-electron chi connectivity index (χ1n) is 8.29. The number of aromatic nitrogens is 2. The van der Waals surface area contributed by atoms with E-state index in [0.29, 0.717) is 17.0 Å². The van der Waals surface area contributed by atoms with Gasteiger partial charge in [0.05, 0.1) is 24.3 Å². The van der Waals surface area contributed by atoms with Crippen molar-refractivity contribution in [2.75, 3.05) is 7.11 Å². The summed E-state index contributed by atoms with van der Waals surface area (Å²) in [5.41, 5.74) is 7.88. The zero-order valence-corrected chi connectivity index (χ0v) is 15.4. The van der Waals surface area contributed by atoms with Gasteiger partial charge in [-0.25, -0.2) is 4.39 Å². The maximum absolute atomic E-state index is 14.8. The summed E-state index contributed by atoms with van der Waals surface area (Å²) < 4.78 is 25.6. The molecule has 1 atom stereocenters. The Morgan fingerprint density at radius 1 is 1.29 bits per heavy atom. The molecule has 0 bridgehead atoms. The monoisotopic (exact) mass is 396 g/mol. The molecule has 140 valence electrons. The van der Waals surface area contributed by atoms with Crippen molar-refractivity contribution in [1.82, 2.24) is 10.2 Å². The Balaban J connectivity index is 2.00. The van der Waals surface area contributed by atoms with Crippen LogP contribution in [0.1, 0.15) is 17.0 Å². The van der Waals surface area contributed by atoms with E-state index in [0.717, 1.165) is 5.56 Å². The fourth-order valence-electron chi connectivity index (χ4n) is 3.32. The number of aromatic amines is 1. The van der Waals surface area contributed by atoms with Gasteiger partial charge in [0.15, 0.2) is 0 Å². The van der Waals surface area contributed by atoms with Gasteiger partial charge in [0, 0.05) is 16.1 Å². The van der Waals surface area contributed by atoms with Crippen LogP contribution in [0.5, 0.6) is 11.6 Å². The molecule has 2 heterocycles. The van der Waals surface area contributed by atoms with E-state index in [2.05, 4.69) is 10.2 Å². The highest BCUT2D eigenvalue weighted by molar-refractivity contribution is 6.31. The predicted molar refractivity (Wildman–Crippen MR) is 101 cm³/mol. The number of ether oxygens (including phenoxy) is 2. The number of nitriles is 1. The summed E-state index contributed by atoms with van der Waals surface area (Å²) in [5, 5.41) is 16.9. The van der Waals surface area contributed by atoms with Gasteiger partial charge in [-0.05, 0) is 24.3 Å².